The molecule has 0 aromatic heterocycles. The van der Waals surface area contributed by atoms with Gasteiger partial charge in [0, 0.05) is 27.9 Å². The first-order valence-electron chi connectivity index (χ1n) is 12.9. The highest BCUT2D eigenvalue weighted by atomic mass is 35.5. The van der Waals surface area contributed by atoms with Crippen molar-refractivity contribution >= 4 is 40.7 Å². The molecule has 0 spiro atoms. The van der Waals surface area contributed by atoms with Crippen LogP contribution in [0.15, 0.2) is 77.9 Å². The molecule has 1 aliphatic heterocycles. The fourth-order valence-corrected chi connectivity index (χ4v) is 6.50. The second-order valence-corrected chi connectivity index (χ2v) is 11.1. The molecule has 1 aliphatic carbocycles. The Morgan fingerprint density at radius 2 is 1.95 bits per heavy atom. The molecule has 2 aliphatic rings. The first kappa shape index (κ1) is 27.2. The zero-order chi connectivity index (χ0) is 27.4. The molecule has 1 heterocycles. The van der Waals surface area contributed by atoms with Gasteiger partial charge in [-0.05, 0) is 60.2 Å². The van der Waals surface area contributed by atoms with Crippen LogP contribution in [0.5, 0.6) is 11.5 Å². The van der Waals surface area contributed by atoms with Crippen LogP contribution >= 0.6 is 23.4 Å². The van der Waals surface area contributed by atoms with Crippen molar-refractivity contribution in [2.45, 2.75) is 31.1 Å². The third-order valence-electron chi connectivity index (χ3n) is 7.35. The molecule has 0 unspecified atom stereocenters. The Morgan fingerprint density at radius 1 is 1.10 bits per heavy atom. The fraction of sp³-hybridized carbons (Fsp3) is 0.290. The number of rotatable bonds is 9. The fourth-order valence-electron chi connectivity index (χ4n) is 5.40. The van der Waals surface area contributed by atoms with Gasteiger partial charge in [-0.1, -0.05) is 60.2 Å². The number of ether oxygens (including phenoxy) is 2. The van der Waals surface area contributed by atoms with Gasteiger partial charge in [0.25, 0.3) is 0 Å². The van der Waals surface area contributed by atoms with Crippen LogP contribution in [0.2, 0.25) is 5.02 Å². The number of thioether (sulfide) groups is 1. The predicted molar refractivity (Wildman–Crippen MR) is 160 cm³/mol. The number of hydrogen-bond donors (Lipinski definition) is 2. The molecule has 39 heavy (non-hydrogen) atoms. The second kappa shape index (κ2) is 12.2. The van der Waals surface area contributed by atoms with E-state index in [9.17, 15) is 4.79 Å². The molecule has 0 saturated heterocycles. The topological polar surface area (TPSA) is 72.0 Å². The van der Waals surface area contributed by atoms with Crippen LogP contribution in [0.1, 0.15) is 47.6 Å². The summed E-state index contributed by atoms with van der Waals surface area (Å²) in [5.41, 5.74) is 8.89. The van der Waals surface area contributed by atoms with E-state index in [0.29, 0.717) is 17.4 Å². The monoisotopic (exact) mass is 561 g/mol. The molecule has 0 saturated carbocycles. The molecule has 1 amide bonds. The third-order valence-corrected chi connectivity index (χ3v) is 8.70. The number of amides is 1. The molecule has 202 valence electrons. The van der Waals surface area contributed by atoms with E-state index in [1.165, 1.54) is 17.3 Å². The van der Waals surface area contributed by atoms with Crippen LogP contribution in [0.25, 0.3) is 0 Å². The van der Waals surface area contributed by atoms with Gasteiger partial charge in [0.2, 0.25) is 5.91 Å². The van der Waals surface area contributed by atoms with Crippen molar-refractivity contribution in [1.82, 2.24) is 5.43 Å². The average molecular weight is 562 g/mol. The maximum atomic E-state index is 12.4. The lowest BCUT2D eigenvalue weighted by Crippen LogP contribution is -2.29. The summed E-state index contributed by atoms with van der Waals surface area (Å²) in [5.74, 6) is 2.96. The van der Waals surface area contributed by atoms with Crippen LogP contribution in [0.3, 0.4) is 0 Å². The summed E-state index contributed by atoms with van der Waals surface area (Å²) in [4.78, 5) is 12.4. The number of anilines is 1. The standard InChI is InChI=1S/C31H32ClN3O3S/c1-19(34-35-29(36)18-39-17-21-8-4-5-12-26(21)32)20-14-15-27-25(16-20)22-9-6-10-23(22)30(33-27)24-11-7-13-28(37-2)31(24)38-3/h4-9,11-16,22-23,30,33H,10,17-18H2,1-3H3,(H,35,36)/b34-19-/t22-,23+,30-/m1/s1. The quantitative estimate of drug-likeness (QED) is 0.168. The molecule has 2 N–H and O–H groups in total. The molecule has 8 heteroatoms. The van der Waals surface area contributed by atoms with E-state index in [1.54, 1.807) is 14.2 Å². The zero-order valence-corrected chi connectivity index (χ0v) is 23.8. The zero-order valence-electron chi connectivity index (χ0n) is 22.2. The Morgan fingerprint density at radius 3 is 2.74 bits per heavy atom. The van der Waals surface area contributed by atoms with Crippen LogP contribution < -0.4 is 20.2 Å². The van der Waals surface area contributed by atoms with E-state index in [2.05, 4.69) is 46.2 Å². The highest BCUT2D eigenvalue weighted by molar-refractivity contribution is 7.99. The molecule has 5 rings (SSSR count). The Balaban J connectivity index is 1.29. The number of nitrogens with one attached hydrogen (secondary N) is 2. The highest BCUT2D eigenvalue weighted by Gasteiger charge is 2.39. The number of benzene rings is 3. The summed E-state index contributed by atoms with van der Waals surface area (Å²) < 4.78 is 11.3. The van der Waals surface area contributed by atoms with Gasteiger partial charge in [-0.25, -0.2) is 5.43 Å². The lowest BCUT2D eigenvalue weighted by atomic mass is 9.76. The second-order valence-electron chi connectivity index (χ2n) is 9.68. The highest BCUT2D eigenvalue weighted by Crippen LogP contribution is 2.52. The number of nitrogens with zero attached hydrogens (tertiary/aromatic N) is 1. The number of carbonyl (C=O) groups excluding carboxylic acids is 1. The Bertz CT molecular complexity index is 1420. The number of hydrazone groups is 1. The molecule has 0 fully saturated rings. The number of fused-ring (bicyclic) bond motifs is 3. The maximum Gasteiger partial charge on any atom is 0.250 e. The minimum Gasteiger partial charge on any atom is -0.493 e. The molecule has 0 bridgehead atoms. The van der Waals surface area contributed by atoms with Crippen LogP contribution in [-0.4, -0.2) is 31.6 Å². The van der Waals surface area contributed by atoms with Gasteiger partial charge in [-0.15, -0.1) is 11.8 Å². The smallest absolute Gasteiger partial charge is 0.250 e. The minimum absolute atomic E-state index is 0.0886. The largest absolute Gasteiger partial charge is 0.493 e. The Kier molecular flexibility index (Phi) is 8.48. The van der Waals surface area contributed by atoms with Crippen molar-refractivity contribution in [3.05, 3.63) is 100 Å². The van der Waals surface area contributed by atoms with Gasteiger partial charge in [0.05, 0.1) is 31.7 Å². The van der Waals surface area contributed by atoms with Crippen LogP contribution in [-0.2, 0) is 10.5 Å². The lowest BCUT2D eigenvalue weighted by Gasteiger charge is -2.38. The molecule has 3 aromatic rings. The maximum absolute atomic E-state index is 12.4. The lowest BCUT2D eigenvalue weighted by molar-refractivity contribution is -0.118. The van der Waals surface area contributed by atoms with Crippen LogP contribution in [0.4, 0.5) is 5.69 Å². The summed E-state index contributed by atoms with van der Waals surface area (Å²) in [6.45, 7) is 1.92. The van der Waals surface area contributed by atoms with E-state index < -0.39 is 0 Å². The van der Waals surface area contributed by atoms with Crippen molar-refractivity contribution in [3.8, 4) is 11.5 Å². The van der Waals surface area contributed by atoms with E-state index in [-0.39, 0.29) is 17.9 Å². The van der Waals surface area contributed by atoms with Crippen molar-refractivity contribution in [3.63, 3.8) is 0 Å². The van der Waals surface area contributed by atoms with Crippen LogP contribution in [0, 0.1) is 5.92 Å². The summed E-state index contributed by atoms with van der Waals surface area (Å²) in [5, 5.41) is 8.87. The summed E-state index contributed by atoms with van der Waals surface area (Å²) in [7, 11) is 3.35. The van der Waals surface area contributed by atoms with E-state index in [0.717, 1.165) is 51.0 Å². The van der Waals surface area contributed by atoms with Gasteiger partial charge in [-0.2, -0.15) is 5.10 Å². The third kappa shape index (κ3) is 5.80. The van der Waals surface area contributed by atoms with E-state index >= 15 is 0 Å². The molecule has 3 atom stereocenters. The van der Waals surface area contributed by atoms with Gasteiger partial charge in [-0.3, -0.25) is 4.79 Å². The number of para-hydroxylation sites is 1. The normalized spacial score (nSPS) is 19.6. The SMILES string of the molecule is COc1cccc([C@@H]2Nc3ccc(/C(C)=N\NC(=O)CSCc4ccccc4Cl)cc3[C@@H]3C=CC[C@@H]32)c1OC. The summed E-state index contributed by atoms with van der Waals surface area (Å²) >= 11 is 7.71. The number of allylic oxidation sites excluding steroid dienone is 2. The molecular formula is C31H32ClN3O3S. The van der Waals surface area contributed by atoms with E-state index in [1.807, 2.05) is 49.4 Å². The van der Waals surface area contributed by atoms with Crippen molar-refractivity contribution < 1.29 is 14.3 Å². The Labute approximate surface area is 238 Å². The summed E-state index contributed by atoms with van der Waals surface area (Å²) in [6.07, 6.45) is 5.54. The van der Waals surface area contributed by atoms with Gasteiger partial charge < -0.3 is 14.8 Å². The molecular weight excluding hydrogens is 530 g/mol. The molecule has 0 radical (unpaired) electrons. The van der Waals surface area contributed by atoms with Gasteiger partial charge in [0.15, 0.2) is 11.5 Å². The van der Waals surface area contributed by atoms with E-state index in [4.69, 9.17) is 21.1 Å². The number of carbonyl (C=O) groups is 1. The first-order chi connectivity index (χ1) is 19.0. The minimum atomic E-state index is -0.139. The first-order valence-corrected chi connectivity index (χ1v) is 14.5. The van der Waals surface area contributed by atoms with Crippen molar-refractivity contribution in [2.75, 3.05) is 25.3 Å². The number of methoxy groups -OCH3 is 2. The predicted octanol–water partition coefficient (Wildman–Crippen LogP) is 6.96. The molecule has 6 nitrogen and oxygen atoms in total. The summed E-state index contributed by atoms with van der Waals surface area (Å²) in [6, 6.07) is 20.1. The number of hydrogen-bond acceptors (Lipinski definition) is 6. The molecule has 3 aromatic carbocycles. The van der Waals surface area contributed by atoms with Gasteiger partial charge >= 0.3 is 0 Å². The van der Waals surface area contributed by atoms with Gasteiger partial charge in [0.1, 0.15) is 0 Å². The average Bonchev–Trinajstić information content (AvgIpc) is 3.46. The van der Waals surface area contributed by atoms with Crippen molar-refractivity contribution in [2.24, 2.45) is 11.0 Å². The van der Waals surface area contributed by atoms with Crippen molar-refractivity contribution in [1.29, 1.82) is 0 Å². The number of halogens is 1. The Hall–Kier alpha value is -3.42.